The van der Waals surface area contributed by atoms with Crippen LogP contribution in [0.1, 0.15) is 27.0 Å². The van der Waals surface area contributed by atoms with E-state index in [1.165, 1.54) is 11.3 Å². The van der Waals surface area contributed by atoms with Crippen LogP contribution in [0.2, 0.25) is 0 Å². The average molecular weight is 362 g/mol. The molecule has 0 aliphatic carbocycles. The van der Waals surface area contributed by atoms with Crippen LogP contribution in [0, 0.1) is 0 Å². The summed E-state index contributed by atoms with van der Waals surface area (Å²) in [5, 5.41) is 3.02. The molecule has 1 atom stereocenters. The third-order valence-corrected chi connectivity index (χ3v) is 4.66. The van der Waals surface area contributed by atoms with Crippen LogP contribution in [0.5, 0.6) is 0 Å². The molecule has 0 saturated carbocycles. The summed E-state index contributed by atoms with van der Waals surface area (Å²) in [6.45, 7) is 0. The summed E-state index contributed by atoms with van der Waals surface area (Å²) in [4.78, 5) is 13.0. The molecule has 1 N–H and O–H groups in total. The lowest BCUT2D eigenvalue weighted by Gasteiger charge is -2.16. The third-order valence-electron chi connectivity index (χ3n) is 3.03. The van der Waals surface area contributed by atoms with Gasteiger partial charge in [-0.1, -0.05) is 30.3 Å². The third kappa shape index (κ3) is 3.25. The van der Waals surface area contributed by atoms with Crippen molar-refractivity contribution >= 4 is 33.2 Å². The molecule has 106 valence electrons. The first kappa shape index (κ1) is 14.1. The Hall–Kier alpha value is -1.85. The molecule has 2 aromatic heterocycles. The summed E-state index contributed by atoms with van der Waals surface area (Å²) in [5.41, 5.74) is 0.983. The Balaban J connectivity index is 1.88. The molecule has 1 unspecified atom stereocenters. The highest BCUT2D eigenvalue weighted by Gasteiger charge is 2.20. The monoisotopic (exact) mass is 361 g/mol. The van der Waals surface area contributed by atoms with Crippen molar-refractivity contribution in [3.05, 3.63) is 80.8 Å². The quantitative estimate of drug-likeness (QED) is 0.736. The molecule has 0 spiro atoms. The summed E-state index contributed by atoms with van der Waals surface area (Å²) in [5.74, 6) is 0.598. The Kier molecular flexibility index (Phi) is 4.22. The fourth-order valence-electron chi connectivity index (χ4n) is 2.06. The van der Waals surface area contributed by atoms with Crippen LogP contribution in [-0.4, -0.2) is 5.91 Å². The minimum atomic E-state index is -0.297. The Labute approximate surface area is 134 Å². The molecule has 0 radical (unpaired) electrons. The Bertz CT molecular complexity index is 722. The number of carbonyl (C=O) groups excluding carboxylic acids is 1. The maximum absolute atomic E-state index is 12.4. The van der Waals surface area contributed by atoms with Crippen molar-refractivity contribution in [1.82, 2.24) is 5.32 Å². The number of amides is 1. The van der Waals surface area contributed by atoms with Crippen LogP contribution < -0.4 is 5.32 Å². The van der Waals surface area contributed by atoms with Crippen LogP contribution in [0.25, 0.3) is 0 Å². The van der Waals surface area contributed by atoms with Gasteiger partial charge >= 0.3 is 0 Å². The maximum atomic E-state index is 12.4. The molecule has 3 aromatic rings. The van der Waals surface area contributed by atoms with Crippen LogP contribution in [-0.2, 0) is 0 Å². The van der Waals surface area contributed by atoms with Crippen molar-refractivity contribution in [1.29, 1.82) is 0 Å². The largest absolute Gasteiger partial charge is 0.467 e. The minimum absolute atomic E-state index is 0.115. The van der Waals surface area contributed by atoms with Gasteiger partial charge < -0.3 is 9.73 Å². The molecule has 0 bridgehead atoms. The van der Waals surface area contributed by atoms with Gasteiger partial charge in [0.1, 0.15) is 11.8 Å². The van der Waals surface area contributed by atoms with Crippen LogP contribution >= 0.6 is 27.3 Å². The summed E-state index contributed by atoms with van der Waals surface area (Å²) in [7, 11) is 0. The zero-order valence-corrected chi connectivity index (χ0v) is 13.4. The fourth-order valence-corrected chi connectivity index (χ4v) is 3.35. The van der Waals surface area contributed by atoms with Gasteiger partial charge in [0.05, 0.1) is 14.9 Å². The minimum Gasteiger partial charge on any atom is -0.467 e. The number of furan rings is 1. The van der Waals surface area contributed by atoms with E-state index in [2.05, 4.69) is 21.2 Å². The number of nitrogens with one attached hydrogen (secondary N) is 1. The van der Waals surface area contributed by atoms with Gasteiger partial charge in [0.2, 0.25) is 0 Å². The fraction of sp³-hybridized carbons (Fsp3) is 0.0625. The number of rotatable bonds is 4. The van der Waals surface area contributed by atoms with Crippen LogP contribution in [0.3, 0.4) is 0 Å². The van der Waals surface area contributed by atoms with E-state index >= 15 is 0 Å². The molecule has 1 amide bonds. The van der Waals surface area contributed by atoms with Gasteiger partial charge in [-0.05, 0) is 45.8 Å². The van der Waals surface area contributed by atoms with Crippen molar-refractivity contribution in [2.45, 2.75) is 6.04 Å². The van der Waals surface area contributed by atoms with E-state index in [-0.39, 0.29) is 11.9 Å². The Morgan fingerprint density at radius 2 is 1.90 bits per heavy atom. The van der Waals surface area contributed by atoms with E-state index in [4.69, 9.17) is 4.42 Å². The molecule has 3 rings (SSSR count). The zero-order valence-electron chi connectivity index (χ0n) is 11.0. The van der Waals surface area contributed by atoms with E-state index in [9.17, 15) is 4.79 Å². The predicted molar refractivity (Wildman–Crippen MR) is 86.5 cm³/mol. The maximum Gasteiger partial charge on any atom is 0.262 e. The highest BCUT2D eigenvalue weighted by Crippen LogP contribution is 2.25. The number of halogens is 1. The normalized spacial score (nSPS) is 12.0. The van der Waals surface area contributed by atoms with E-state index < -0.39 is 0 Å². The molecule has 0 aliphatic rings. The lowest BCUT2D eigenvalue weighted by atomic mass is 10.0. The molecule has 21 heavy (non-hydrogen) atoms. The Morgan fingerprint density at radius 3 is 2.52 bits per heavy atom. The van der Waals surface area contributed by atoms with Crippen molar-refractivity contribution < 1.29 is 9.21 Å². The lowest BCUT2D eigenvalue weighted by Crippen LogP contribution is -2.28. The molecular weight excluding hydrogens is 350 g/mol. The van der Waals surface area contributed by atoms with Crippen molar-refractivity contribution in [3.8, 4) is 0 Å². The van der Waals surface area contributed by atoms with E-state index in [1.807, 2.05) is 48.5 Å². The summed E-state index contributed by atoms with van der Waals surface area (Å²) >= 11 is 4.77. The number of hydrogen-bond donors (Lipinski definition) is 1. The second-order valence-electron chi connectivity index (χ2n) is 4.44. The molecule has 2 heterocycles. The predicted octanol–water partition coefficient (Wildman–Crippen LogP) is 4.62. The lowest BCUT2D eigenvalue weighted by molar-refractivity contribution is 0.0943. The highest BCUT2D eigenvalue weighted by molar-refractivity contribution is 9.11. The second kappa shape index (κ2) is 6.28. The number of carbonyl (C=O) groups is 1. The van der Waals surface area contributed by atoms with Crippen LogP contribution in [0.15, 0.2) is 69.1 Å². The highest BCUT2D eigenvalue weighted by atomic mass is 79.9. The van der Waals surface area contributed by atoms with Gasteiger partial charge in [-0.2, -0.15) is 0 Å². The Morgan fingerprint density at radius 1 is 1.10 bits per heavy atom. The zero-order chi connectivity index (χ0) is 14.7. The molecule has 5 heteroatoms. The van der Waals surface area contributed by atoms with Crippen molar-refractivity contribution in [2.24, 2.45) is 0 Å². The van der Waals surface area contributed by atoms with Gasteiger partial charge in [-0.25, -0.2) is 0 Å². The molecular formula is C16H12BrNO2S. The van der Waals surface area contributed by atoms with E-state index in [0.29, 0.717) is 10.6 Å². The molecule has 0 fully saturated rings. The van der Waals surface area contributed by atoms with Crippen molar-refractivity contribution in [2.75, 3.05) is 0 Å². The summed E-state index contributed by atoms with van der Waals surface area (Å²) < 4.78 is 6.40. The van der Waals surface area contributed by atoms with Crippen molar-refractivity contribution in [3.63, 3.8) is 0 Å². The first-order chi connectivity index (χ1) is 10.2. The van der Waals surface area contributed by atoms with E-state index in [1.54, 1.807) is 12.3 Å². The molecule has 0 aliphatic heterocycles. The average Bonchev–Trinajstić information content (AvgIpc) is 3.17. The molecule has 0 saturated heterocycles. The molecule has 3 nitrogen and oxygen atoms in total. The number of thiophene rings is 1. The first-order valence-corrected chi connectivity index (χ1v) is 7.99. The SMILES string of the molecule is O=C(NC(c1ccccc1)c1ccco1)c1ccc(Br)s1. The first-order valence-electron chi connectivity index (χ1n) is 6.38. The number of benzene rings is 1. The smallest absolute Gasteiger partial charge is 0.262 e. The van der Waals surface area contributed by atoms with E-state index in [0.717, 1.165) is 9.35 Å². The van der Waals surface area contributed by atoms with Gasteiger partial charge in [0, 0.05) is 0 Å². The van der Waals surface area contributed by atoms with Crippen LogP contribution in [0.4, 0.5) is 0 Å². The van der Waals surface area contributed by atoms with Gasteiger partial charge in [0.25, 0.3) is 5.91 Å². The number of hydrogen-bond acceptors (Lipinski definition) is 3. The molecule has 1 aromatic carbocycles. The second-order valence-corrected chi connectivity index (χ2v) is 6.90. The van der Waals surface area contributed by atoms with Gasteiger partial charge in [-0.3, -0.25) is 4.79 Å². The summed E-state index contributed by atoms with van der Waals surface area (Å²) in [6.07, 6.45) is 1.61. The standard InChI is InChI=1S/C16H12BrNO2S/c17-14-9-8-13(21-14)16(19)18-15(12-7-4-10-20-12)11-5-2-1-3-6-11/h1-10,15H,(H,18,19). The van der Waals surface area contributed by atoms with Gasteiger partial charge in [-0.15, -0.1) is 11.3 Å². The summed E-state index contributed by atoms with van der Waals surface area (Å²) in [6, 6.07) is 16.8. The topological polar surface area (TPSA) is 42.2 Å². The van der Waals surface area contributed by atoms with Gasteiger partial charge in [0.15, 0.2) is 0 Å².